The van der Waals surface area contributed by atoms with Gasteiger partial charge in [0.1, 0.15) is 0 Å². The summed E-state index contributed by atoms with van der Waals surface area (Å²) in [5, 5.41) is 0. The van der Waals surface area contributed by atoms with Crippen molar-refractivity contribution in [2.75, 3.05) is 0 Å². The van der Waals surface area contributed by atoms with E-state index in [4.69, 9.17) is 6.42 Å². The van der Waals surface area contributed by atoms with Crippen molar-refractivity contribution in [1.82, 2.24) is 0 Å². The molecule has 0 aromatic heterocycles. The summed E-state index contributed by atoms with van der Waals surface area (Å²) < 4.78 is 0. The quantitative estimate of drug-likeness (QED) is 0.256. The standard InChI is InChI=1S/C37H40O.C3H8.2CH4/c1-6-27-15-17-29(18-16-27)31-20-19-28(7-2)32(21-31)22-35(30-11-9-8-10-12-30)37(38)34-23-33-24(3)13-14-25(4)36(33)26(34)5;1-3-2;;/h1,13-21,30,35H,7-12,22-23H2,2-5H3;3H2,1-2H3;2*1H4. The molecule has 1 atom stereocenters. The fourth-order valence-electron chi connectivity index (χ4n) is 6.92. The first kappa shape index (κ1) is 35.8. The van der Waals surface area contributed by atoms with E-state index in [0.717, 1.165) is 30.4 Å². The molecule has 5 rings (SSSR count). The minimum absolute atomic E-state index is 0. The Hall–Kier alpha value is -3.37. The summed E-state index contributed by atoms with van der Waals surface area (Å²) in [5.41, 5.74) is 13.5. The lowest BCUT2D eigenvalue weighted by atomic mass is 9.73. The van der Waals surface area contributed by atoms with Crippen LogP contribution in [0, 0.1) is 38.0 Å². The van der Waals surface area contributed by atoms with Crippen molar-refractivity contribution in [3.63, 3.8) is 0 Å². The summed E-state index contributed by atoms with van der Waals surface area (Å²) >= 11 is 0. The number of fused-ring (bicyclic) bond motifs is 1. The molecule has 3 aromatic rings. The van der Waals surface area contributed by atoms with Gasteiger partial charge in [0.2, 0.25) is 0 Å². The molecule has 1 saturated carbocycles. The van der Waals surface area contributed by atoms with Crippen LogP contribution in [0.1, 0.15) is 120 Å². The topological polar surface area (TPSA) is 17.1 Å². The SMILES string of the molecule is C.C.C#Cc1ccc(-c2ccc(CC)c(CC(C(=O)C3=C(C)c4c(C)ccc(C)c4C3)C3CCCCC3)c2)cc1.CCC. The van der Waals surface area contributed by atoms with Crippen LogP contribution in [0.2, 0.25) is 0 Å². The minimum Gasteiger partial charge on any atom is -0.294 e. The van der Waals surface area contributed by atoms with E-state index in [-0.39, 0.29) is 20.8 Å². The number of ketones is 1. The van der Waals surface area contributed by atoms with Crippen LogP contribution in [0.25, 0.3) is 16.7 Å². The lowest BCUT2D eigenvalue weighted by Gasteiger charge is -2.31. The van der Waals surface area contributed by atoms with Gasteiger partial charge in [0.05, 0.1) is 0 Å². The third-order valence-electron chi connectivity index (χ3n) is 9.20. The fourth-order valence-corrected chi connectivity index (χ4v) is 6.92. The van der Waals surface area contributed by atoms with Gasteiger partial charge in [-0.25, -0.2) is 0 Å². The van der Waals surface area contributed by atoms with Crippen LogP contribution in [-0.2, 0) is 24.1 Å². The molecule has 0 bridgehead atoms. The van der Waals surface area contributed by atoms with Gasteiger partial charge in [-0.3, -0.25) is 4.79 Å². The highest BCUT2D eigenvalue weighted by atomic mass is 16.1. The zero-order chi connectivity index (χ0) is 29.5. The highest BCUT2D eigenvalue weighted by Crippen LogP contribution is 2.41. The van der Waals surface area contributed by atoms with Crippen molar-refractivity contribution in [3.8, 4) is 23.5 Å². The number of hydrogen-bond donors (Lipinski definition) is 0. The highest BCUT2D eigenvalue weighted by Gasteiger charge is 2.35. The van der Waals surface area contributed by atoms with Gasteiger partial charge < -0.3 is 0 Å². The average Bonchev–Trinajstić information content (AvgIpc) is 3.36. The van der Waals surface area contributed by atoms with E-state index in [1.54, 1.807) is 0 Å². The van der Waals surface area contributed by atoms with Crippen molar-refractivity contribution in [2.45, 2.75) is 114 Å². The molecule has 1 heteroatoms. The maximum absolute atomic E-state index is 14.5. The number of hydrogen-bond acceptors (Lipinski definition) is 1. The molecule has 0 spiro atoms. The van der Waals surface area contributed by atoms with E-state index >= 15 is 0 Å². The monoisotopic (exact) mass is 576 g/mol. The lowest BCUT2D eigenvalue weighted by Crippen LogP contribution is -2.29. The summed E-state index contributed by atoms with van der Waals surface area (Å²) in [6.07, 6.45) is 15.5. The Morgan fingerprint density at radius 1 is 0.837 bits per heavy atom. The number of terminal acetylenes is 1. The number of allylic oxidation sites excluding steroid dienone is 2. The van der Waals surface area contributed by atoms with Crippen LogP contribution >= 0.6 is 0 Å². The minimum atomic E-state index is 0. The van der Waals surface area contributed by atoms with Crippen molar-refractivity contribution in [1.29, 1.82) is 0 Å². The Kier molecular flexibility index (Phi) is 13.7. The van der Waals surface area contributed by atoms with Crippen LogP contribution < -0.4 is 0 Å². The number of carbonyl (C=O) groups is 1. The molecule has 2 aliphatic rings. The van der Waals surface area contributed by atoms with Gasteiger partial charge in [-0.1, -0.05) is 110 Å². The van der Waals surface area contributed by atoms with E-state index in [1.807, 2.05) is 12.1 Å². The van der Waals surface area contributed by atoms with Crippen molar-refractivity contribution in [2.24, 2.45) is 11.8 Å². The maximum atomic E-state index is 14.5. The molecule has 1 fully saturated rings. The molecule has 0 heterocycles. The van der Waals surface area contributed by atoms with Gasteiger partial charge in [0, 0.05) is 23.5 Å². The molecule has 3 aromatic carbocycles. The molecule has 0 saturated heterocycles. The molecule has 43 heavy (non-hydrogen) atoms. The highest BCUT2D eigenvalue weighted by molar-refractivity contribution is 6.07. The maximum Gasteiger partial charge on any atom is 0.163 e. The Bertz CT molecular complexity index is 1440. The van der Waals surface area contributed by atoms with Crippen LogP contribution in [0.15, 0.2) is 60.2 Å². The van der Waals surface area contributed by atoms with Crippen molar-refractivity contribution < 1.29 is 4.79 Å². The van der Waals surface area contributed by atoms with Gasteiger partial charge in [0.25, 0.3) is 0 Å². The van der Waals surface area contributed by atoms with Crippen LogP contribution in [0.5, 0.6) is 0 Å². The van der Waals surface area contributed by atoms with Crippen LogP contribution in [0.4, 0.5) is 0 Å². The Balaban J connectivity index is 0.00000124. The van der Waals surface area contributed by atoms with E-state index < -0.39 is 0 Å². The number of carbonyl (C=O) groups excluding carboxylic acids is 1. The van der Waals surface area contributed by atoms with E-state index in [2.05, 4.69) is 89.9 Å². The van der Waals surface area contributed by atoms with E-state index in [9.17, 15) is 4.79 Å². The summed E-state index contributed by atoms with van der Waals surface area (Å²) in [6, 6.07) is 19.5. The summed E-state index contributed by atoms with van der Waals surface area (Å²) in [6.45, 7) is 13.0. The molecule has 230 valence electrons. The second kappa shape index (κ2) is 16.5. The Morgan fingerprint density at radius 2 is 1.44 bits per heavy atom. The summed E-state index contributed by atoms with van der Waals surface area (Å²) in [7, 11) is 0. The second-order valence-electron chi connectivity index (χ2n) is 12.2. The van der Waals surface area contributed by atoms with Gasteiger partial charge in [0.15, 0.2) is 5.78 Å². The zero-order valence-corrected chi connectivity index (χ0v) is 26.2. The normalized spacial score (nSPS) is 14.8. The first-order valence-corrected chi connectivity index (χ1v) is 15.8. The van der Waals surface area contributed by atoms with Gasteiger partial charge in [-0.05, 0) is 115 Å². The van der Waals surface area contributed by atoms with E-state index in [1.165, 1.54) is 88.6 Å². The molecule has 0 aliphatic heterocycles. The molecule has 0 N–H and O–H groups in total. The first-order chi connectivity index (χ1) is 19.8. The Labute approximate surface area is 264 Å². The Morgan fingerprint density at radius 3 is 2.02 bits per heavy atom. The van der Waals surface area contributed by atoms with E-state index in [0.29, 0.717) is 11.7 Å². The molecular formula is C42H56O. The largest absolute Gasteiger partial charge is 0.294 e. The zero-order valence-electron chi connectivity index (χ0n) is 26.2. The smallest absolute Gasteiger partial charge is 0.163 e. The lowest BCUT2D eigenvalue weighted by molar-refractivity contribution is -0.121. The van der Waals surface area contributed by atoms with Gasteiger partial charge in [-0.15, -0.1) is 6.42 Å². The number of aryl methyl sites for hydroxylation is 3. The first-order valence-electron chi connectivity index (χ1n) is 15.8. The van der Waals surface area contributed by atoms with Gasteiger partial charge in [-0.2, -0.15) is 0 Å². The molecule has 0 amide bonds. The van der Waals surface area contributed by atoms with Crippen LogP contribution in [-0.4, -0.2) is 5.78 Å². The molecule has 1 nitrogen and oxygen atoms in total. The molecule has 2 aliphatic carbocycles. The van der Waals surface area contributed by atoms with Crippen molar-refractivity contribution in [3.05, 3.63) is 99.1 Å². The number of rotatable bonds is 7. The number of Topliss-reactive ketones (excluding diaryl/α,β-unsaturated/α-hetero) is 1. The number of benzene rings is 3. The molecular weight excluding hydrogens is 520 g/mol. The van der Waals surface area contributed by atoms with Crippen molar-refractivity contribution >= 4 is 11.4 Å². The summed E-state index contributed by atoms with van der Waals surface area (Å²) in [4.78, 5) is 14.5. The average molecular weight is 577 g/mol. The molecule has 1 unspecified atom stereocenters. The molecule has 0 radical (unpaired) electrons. The fraction of sp³-hybridized carbons (Fsp3) is 0.452. The third-order valence-corrected chi connectivity index (χ3v) is 9.20. The predicted octanol–water partition coefficient (Wildman–Crippen LogP) is 11.5. The van der Waals surface area contributed by atoms with Gasteiger partial charge >= 0.3 is 0 Å². The van der Waals surface area contributed by atoms with Crippen LogP contribution in [0.3, 0.4) is 0 Å². The summed E-state index contributed by atoms with van der Waals surface area (Å²) in [5.74, 6) is 3.62. The predicted molar refractivity (Wildman–Crippen MR) is 190 cm³/mol. The third kappa shape index (κ3) is 7.97. The second-order valence-corrected chi connectivity index (χ2v) is 12.2.